The Morgan fingerprint density at radius 2 is 1.79 bits per heavy atom. The van der Waals surface area contributed by atoms with Crippen molar-refractivity contribution in [2.75, 3.05) is 39.6 Å². The molecule has 2 atom stereocenters. The molecule has 3 rings (SSSR count). The zero-order valence-corrected chi connectivity index (χ0v) is 16.0. The number of ether oxygens (including phenoxy) is 3. The number of rotatable bonds is 10. The number of aliphatic hydroxyl groups excluding tert-OH is 1. The number of aliphatic hydroxyl groups is 1. The summed E-state index contributed by atoms with van der Waals surface area (Å²) in [5, 5.41) is 12.5. The Kier molecular flexibility index (Phi) is 7.15. The monoisotopic (exact) mass is 407 g/mol. The predicted molar refractivity (Wildman–Crippen MR) is 100 cm³/mol. The van der Waals surface area contributed by atoms with Gasteiger partial charge in [-0.3, -0.25) is 19.3 Å². The highest BCUT2D eigenvalue weighted by atomic mass is 16.5. The van der Waals surface area contributed by atoms with E-state index in [1.165, 1.54) is 0 Å². The molecule has 2 aliphatic heterocycles. The molecule has 2 heterocycles. The van der Waals surface area contributed by atoms with E-state index >= 15 is 0 Å². The summed E-state index contributed by atoms with van der Waals surface area (Å²) in [6.45, 7) is 2.23. The number of fused-ring (bicyclic) bond motifs is 1. The minimum Gasteiger partial charge on any atom is -0.490 e. The molecule has 1 aromatic rings. The first-order valence-corrected chi connectivity index (χ1v) is 9.51. The Hall–Kier alpha value is -2.53. The van der Waals surface area contributed by atoms with Gasteiger partial charge in [0.25, 0.3) is 11.8 Å². The van der Waals surface area contributed by atoms with Gasteiger partial charge in [-0.2, -0.15) is 0 Å². The van der Waals surface area contributed by atoms with Gasteiger partial charge in [0, 0.05) is 13.0 Å². The van der Waals surface area contributed by atoms with E-state index in [-0.39, 0.29) is 48.8 Å². The number of nitrogens with zero attached hydrogens (tertiary/aromatic N) is 1. The van der Waals surface area contributed by atoms with Crippen molar-refractivity contribution in [2.45, 2.75) is 25.1 Å². The molecule has 1 saturated heterocycles. The zero-order valence-electron chi connectivity index (χ0n) is 16.0. The molecule has 0 bridgehead atoms. The van der Waals surface area contributed by atoms with Crippen molar-refractivity contribution >= 4 is 17.7 Å². The summed E-state index contributed by atoms with van der Waals surface area (Å²) < 4.78 is 16.2. The SMILES string of the molecule is NCCOCCOCCOc1cccc2c1C(=O)N(C1CCC(=O)NC1O)C2=O. The van der Waals surface area contributed by atoms with Crippen LogP contribution < -0.4 is 15.8 Å². The minimum absolute atomic E-state index is 0.130. The molecule has 10 heteroatoms. The third-order valence-electron chi connectivity index (χ3n) is 4.70. The Morgan fingerprint density at radius 3 is 2.52 bits per heavy atom. The number of carbonyl (C=O) groups excluding carboxylic acids is 3. The Labute approximate surface area is 167 Å². The third kappa shape index (κ3) is 4.73. The molecule has 4 N–H and O–H groups in total. The number of nitrogens with two attached hydrogens (primary N) is 1. The van der Waals surface area contributed by atoms with Crippen LogP contribution >= 0.6 is 0 Å². The molecule has 0 aliphatic carbocycles. The van der Waals surface area contributed by atoms with Gasteiger partial charge in [-0.05, 0) is 18.6 Å². The van der Waals surface area contributed by atoms with Crippen LogP contribution in [0.5, 0.6) is 5.75 Å². The summed E-state index contributed by atoms with van der Waals surface area (Å²) >= 11 is 0. The van der Waals surface area contributed by atoms with E-state index in [2.05, 4.69) is 5.32 Å². The lowest BCUT2D eigenvalue weighted by Gasteiger charge is -2.33. The number of amides is 3. The van der Waals surface area contributed by atoms with Crippen LogP contribution in [0.3, 0.4) is 0 Å². The molecule has 2 aliphatic rings. The van der Waals surface area contributed by atoms with Crippen LogP contribution in [0.15, 0.2) is 18.2 Å². The number of carbonyl (C=O) groups is 3. The molecule has 0 aromatic heterocycles. The maximum absolute atomic E-state index is 12.9. The smallest absolute Gasteiger partial charge is 0.265 e. The van der Waals surface area contributed by atoms with E-state index in [0.717, 1.165) is 4.90 Å². The van der Waals surface area contributed by atoms with Gasteiger partial charge >= 0.3 is 0 Å². The molecule has 0 saturated carbocycles. The summed E-state index contributed by atoms with van der Waals surface area (Å²) in [6.07, 6.45) is -0.961. The van der Waals surface area contributed by atoms with E-state index < -0.39 is 24.1 Å². The lowest BCUT2D eigenvalue weighted by atomic mass is 10.0. The molecule has 29 heavy (non-hydrogen) atoms. The van der Waals surface area contributed by atoms with Crippen molar-refractivity contribution in [3.8, 4) is 5.75 Å². The summed E-state index contributed by atoms with van der Waals surface area (Å²) in [6, 6.07) is 3.96. The number of hydrogen-bond acceptors (Lipinski definition) is 8. The minimum atomic E-state index is -1.29. The van der Waals surface area contributed by atoms with Crippen molar-refractivity contribution in [1.29, 1.82) is 0 Å². The molecule has 158 valence electrons. The highest BCUT2D eigenvalue weighted by Gasteiger charge is 2.45. The largest absolute Gasteiger partial charge is 0.490 e. The van der Waals surface area contributed by atoms with Gasteiger partial charge in [-0.1, -0.05) is 6.07 Å². The lowest BCUT2D eigenvalue weighted by Crippen LogP contribution is -2.57. The Bertz CT molecular complexity index is 770. The van der Waals surface area contributed by atoms with Crippen LogP contribution in [0.4, 0.5) is 0 Å². The molecule has 0 spiro atoms. The van der Waals surface area contributed by atoms with Gasteiger partial charge < -0.3 is 30.4 Å². The van der Waals surface area contributed by atoms with Crippen LogP contribution in [-0.4, -0.2) is 79.6 Å². The molecule has 3 amide bonds. The van der Waals surface area contributed by atoms with Gasteiger partial charge in [0.1, 0.15) is 18.6 Å². The summed E-state index contributed by atoms with van der Waals surface area (Å²) in [7, 11) is 0. The highest BCUT2D eigenvalue weighted by Crippen LogP contribution is 2.34. The molecule has 2 unspecified atom stereocenters. The predicted octanol–water partition coefficient (Wildman–Crippen LogP) is -0.750. The third-order valence-corrected chi connectivity index (χ3v) is 4.70. The van der Waals surface area contributed by atoms with Crippen molar-refractivity contribution in [3.63, 3.8) is 0 Å². The Morgan fingerprint density at radius 1 is 1.07 bits per heavy atom. The van der Waals surface area contributed by atoms with Gasteiger partial charge in [0.15, 0.2) is 0 Å². The summed E-state index contributed by atoms with van der Waals surface area (Å²) in [5.74, 6) is -1.09. The summed E-state index contributed by atoms with van der Waals surface area (Å²) in [5.41, 5.74) is 5.69. The van der Waals surface area contributed by atoms with Crippen LogP contribution in [0.25, 0.3) is 0 Å². The van der Waals surface area contributed by atoms with E-state index in [4.69, 9.17) is 19.9 Å². The number of nitrogens with one attached hydrogen (secondary N) is 1. The van der Waals surface area contributed by atoms with Crippen LogP contribution in [0.2, 0.25) is 0 Å². The number of benzene rings is 1. The summed E-state index contributed by atoms with van der Waals surface area (Å²) in [4.78, 5) is 38.1. The fraction of sp³-hybridized carbons (Fsp3) is 0.526. The normalized spacial score (nSPS) is 21.3. The van der Waals surface area contributed by atoms with E-state index in [1.807, 2.05) is 0 Å². The lowest BCUT2D eigenvalue weighted by molar-refractivity contribution is -0.129. The maximum atomic E-state index is 12.9. The van der Waals surface area contributed by atoms with E-state index in [0.29, 0.717) is 26.4 Å². The van der Waals surface area contributed by atoms with Gasteiger partial charge in [-0.25, -0.2) is 0 Å². The first-order valence-electron chi connectivity index (χ1n) is 9.51. The maximum Gasteiger partial charge on any atom is 0.265 e. The average molecular weight is 407 g/mol. The van der Waals surface area contributed by atoms with E-state index in [1.54, 1.807) is 18.2 Å². The second-order valence-electron chi connectivity index (χ2n) is 6.64. The Balaban J connectivity index is 1.60. The first-order chi connectivity index (χ1) is 14.0. The molecular formula is C19H25N3O7. The zero-order chi connectivity index (χ0) is 20.8. The van der Waals surface area contributed by atoms with Crippen molar-refractivity contribution in [2.24, 2.45) is 5.73 Å². The second kappa shape index (κ2) is 9.79. The van der Waals surface area contributed by atoms with Crippen molar-refractivity contribution in [3.05, 3.63) is 29.3 Å². The molecule has 1 fully saturated rings. The fourth-order valence-electron chi connectivity index (χ4n) is 3.35. The first kappa shape index (κ1) is 21.2. The van der Waals surface area contributed by atoms with Gasteiger partial charge in [0.2, 0.25) is 5.91 Å². The quantitative estimate of drug-likeness (QED) is 0.340. The van der Waals surface area contributed by atoms with Gasteiger partial charge in [0.05, 0.1) is 43.6 Å². The number of imide groups is 1. The fourth-order valence-corrected chi connectivity index (χ4v) is 3.35. The van der Waals surface area contributed by atoms with Crippen molar-refractivity contribution < 1.29 is 33.7 Å². The highest BCUT2D eigenvalue weighted by molar-refractivity contribution is 6.22. The number of hydrogen-bond donors (Lipinski definition) is 3. The molecule has 0 radical (unpaired) electrons. The molecular weight excluding hydrogens is 382 g/mol. The topological polar surface area (TPSA) is 140 Å². The van der Waals surface area contributed by atoms with E-state index in [9.17, 15) is 19.5 Å². The van der Waals surface area contributed by atoms with Crippen LogP contribution in [-0.2, 0) is 14.3 Å². The second-order valence-corrected chi connectivity index (χ2v) is 6.64. The van der Waals surface area contributed by atoms with Crippen LogP contribution in [0.1, 0.15) is 33.6 Å². The number of piperidine rings is 1. The standard InChI is InChI=1S/C19H25N3O7/c20-6-7-27-8-9-28-10-11-29-14-3-1-2-12-16(14)19(26)22(18(12)25)13-4-5-15(23)21-17(13)24/h1-3,13,17,24H,4-11,20H2,(H,21,23). The van der Waals surface area contributed by atoms with Gasteiger partial charge in [-0.15, -0.1) is 0 Å². The van der Waals surface area contributed by atoms with Crippen molar-refractivity contribution in [1.82, 2.24) is 10.2 Å². The average Bonchev–Trinajstić information content (AvgIpc) is 2.95. The molecule has 1 aromatic carbocycles. The van der Waals surface area contributed by atoms with Crippen LogP contribution in [0, 0.1) is 0 Å². The molecule has 10 nitrogen and oxygen atoms in total.